The van der Waals surface area contributed by atoms with Gasteiger partial charge in [0.15, 0.2) is 11.5 Å². The van der Waals surface area contributed by atoms with Gasteiger partial charge in [-0.05, 0) is 26.8 Å². The molecule has 106 valence electrons. The second kappa shape index (κ2) is 6.31. The number of methoxy groups -OCH3 is 2. The minimum Gasteiger partial charge on any atom is -0.493 e. The minimum atomic E-state index is -0.101. The molecular formula is C14H22N2O3. The fourth-order valence-electron chi connectivity index (χ4n) is 1.98. The van der Waals surface area contributed by atoms with Gasteiger partial charge in [-0.3, -0.25) is 4.79 Å². The summed E-state index contributed by atoms with van der Waals surface area (Å²) in [5, 5.41) is 0. The van der Waals surface area contributed by atoms with E-state index < -0.39 is 0 Å². The van der Waals surface area contributed by atoms with Gasteiger partial charge in [-0.2, -0.15) is 0 Å². The van der Waals surface area contributed by atoms with Crippen molar-refractivity contribution < 1.29 is 14.3 Å². The van der Waals surface area contributed by atoms with Crippen LogP contribution < -0.4 is 15.2 Å². The summed E-state index contributed by atoms with van der Waals surface area (Å²) in [5.74, 6) is 0.917. The molecule has 0 fully saturated rings. The van der Waals surface area contributed by atoms with Gasteiger partial charge in [0.05, 0.1) is 19.8 Å². The highest BCUT2D eigenvalue weighted by atomic mass is 16.5. The standard InChI is InChI=1S/C14H22N2O3/c1-6-16(9(2)3)14(17)10-7-12(18-4)13(19-5)8-11(10)15/h7-9H,6,15H2,1-5H3. The van der Waals surface area contributed by atoms with Crippen molar-refractivity contribution in [3.63, 3.8) is 0 Å². The molecule has 0 aliphatic rings. The predicted octanol–water partition coefficient (Wildman–Crippen LogP) is 2.16. The molecule has 1 aromatic rings. The van der Waals surface area contributed by atoms with E-state index in [4.69, 9.17) is 15.2 Å². The zero-order valence-corrected chi connectivity index (χ0v) is 12.2. The highest BCUT2D eigenvalue weighted by Gasteiger charge is 2.21. The zero-order chi connectivity index (χ0) is 14.6. The van der Waals surface area contributed by atoms with Gasteiger partial charge in [0.2, 0.25) is 0 Å². The number of nitrogens with zero attached hydrogens (tertiary/aromatic N) is 1. The Balaban J connectivity index is 3.23. The Bertz CT molecular complexity index is 458. The number of nitrogens with two attached hydrogens (primary N) is 1. The third kappa shape index (κ3) is 3.10. The Morgan fingerprint density at radius 3 is 2.21 bits per heavy atom. The molecule has 0 heterocycles. The Hall–Kier alpha value is -1.91. The molecule has 1 aromatic carbocycles. The summed E-state index contributed by atoms with van der Waals surface area (Å²) in [6.07, 6.45) is 0. The SMILES string of the molecule is CCN(C(=O)c1cc(OC)c(OC)cc1N)C(C)C. The van der Waals surface area contributed by atoms with Gasteiger partial charge in [0.25, 0.3) is 5.91 Å². The maximum atomic E-state index is 12.5. The predicted molar refractivity (Wildman–Crippen MR) is 75.8 cm³/mol. The first-order valence-electron chi connectivity index (χ1n) is 6.28. The van der Waals surface area contributed by atoms with Crippen LogP contribution in [0.25, 0.3) is 0 Å². The Morgan fingerprint density at radius 1 is 1.26 bits per heavy atom. The number of carbonyl (C=O) groups excluding carboxylic acids is 1. The van der Waals surface area contributed by atoms with Crippen molar-refractivity contribution in [3.8, 4) is 11.5 Å². The highest BCUT2D eigenvalue weighted by Crippen LogP contribution is 2.32. The molecular weight excluding hydrogens is 244 g/mol. The van der Waals surface area contributed by atoms with Crippen LogP contribution in [-0.2, 0) is 0 Å². The van der Waals surface area contributed by atoms with Crippen molar-refractivity contribution >= 4 is 11.6 Å². The second-order valence-corrected chi connectivity index (χ2v) is 4.48. The first kappa shape index (κ1) is 15.1. The first-order chi connectivity index (χ1) is 8.96. The lowest BCUT2D eigenvalue weighted by atomic mass is 10.1. The molecule has 19 heavy (non-hydrogen) atoms. The molecule has 5 nitrogen and oxygen atoms in total. The molecule has 0 saturated carbocycles. The van der Waals surface area contributed by atoms with Gasteiger partial charge in [0, 0.05) is 24.3 Å². The van der Waals surface area contributed by atoms with Gasteiger partial charge in [-0.1, -0.05) is 0 Å². The van der Waals surface area contributed by atoms with E-state index in [2.05, 4.69) is 0 Å². The highest BCUT2D eigenvalue weighted by molar-refractivity contribution is 6.00. The number of carbonyl (C=O) groups is 1. The number of benzene rings is 1. The molecule has 0 spiro atoms. The Morgan fingerprint density at radius 2 is 1.79 bits per heavy atom. The maximum Gasteiger partial charge on any atom is 0.256 e. The molecule has 1 rings (SSSR count). The van der Waals surface area contributed by atoms with Gasteiger partial charge >= 0.3 is 0 Å². The molecule has 0 radical (unpaired) electrons. The number of amides is 1. The van der Waals surface area contributed by atoms with Crippen LogP contribution >= 0.6 is 0 Å². The zero-order valence-electron chi connectivity index (χ0n) is 12.2. The molecule has 0 aliphatic carbocycles. The number of nitrogen functional groups attached to an aromatic ring is 1. The summed E-state index contributed by atoms with van der Waals surface area (Å²) in [6, 6.07) is 3.35. The van der Waals surface area contributed by atoms with Crippen molar-refractivity contribution in [2.45, 2.75) is 26.8 Å². The summed E-state index contributed by atoms with van der Waals surface area (Å²) in [7, 11) is 3.06. The number of ether oxygens (including phenoxy) is 2. The van der Waals surface area contributed by atoms with E-state index in [1.807, 2.05) is 20.8 Å². The number of anilines is 1. The van der Waals surface area contributed by atoms with Crippen LogP contribution in [0.15, 0.2) is 12.1 Å². The summed E-state index contributed by atoms with van der Waals surface area (Å²) >= 11 is 0. The number of hydrogen-bond donors (Lipinski definition) is 1. The fraction of sp³-hybridized carbons (Fsp3) is 0.500. The monoisotopic (exact) mass is 266 g/mol. The largest absolute Gasteiger partial charge is 0.493 e. The van der Waals surface area contributed by atoms with Crippen LogP contribution in [0.2, 0.25) is 0 Å². The van der Waals surface area contributed by atoms with Crippen LogP contribution in [0, 0.1) is 0 Å². The van der Waals surface area contributed by atoms with Crippen molar-refractivity contribution in [2.24, 2.45) is 0 Å². The lowest BCUT2D eigenvalue weighted by molar-refractivity contribution is 0.0717. The normalized spacial score (nSPS) is 10.4. The van der Waals surface area contributed by atoms with Gasteiger partial charge < -0.3 is 20.1 Å². The lowest BCUT2D eigenvalue weighted by Gasteiger charge is -2.26. The Kier molecular flexibility index (Phi) is 5.03. The van der Waals surface area contributed by atoms with Crippen molar-refractivity contribution in [2.75, 3.05) is 26.5 Å². The van der Waals surface area contributed by atoms with E-state index >= 15 is 0 Å². The summed E-state index contributed by atoms with van der Waals surface area (Å²) in [5.41, 5.74) is 6.76. The van der Waals surface area contributed by atoms with Crippen molar-refractivity contribution in [1.29, 1.82) is 0 Å². The number of hydrogen-bond acceptors (Lipinski definition) is 4. The topological polar surface area (TPSA) is 64.8 Å². The summed E-state index contributed by atoms with van der Waals surface area (Å²) in [6.45, 7) is 6.51. The second-order valence-electron chi connectivity index (χ2n) is 4.48. The molecule has 0 aromatic heterocycles. The van der Waals surface area contributed by atoms with Crippen LogP contribution in [0.1, 0.15) is 31.1 Å². The fourth-order valence-corrected chi connectivity index (χ4v) is 1.98. The third-order valence-corrected chi connectivity index (χ3v) is 3.01. The third-order valence-electron chi connectivity index (χ3n) is 3.01. The Labute approximate surface area is 114 Å². The van der Waals surface area contributed by atoms with Gasteiger partial charge in [-0.15, -0.1) is 0 Å². The minimum absolute atomic E-state index is 0.101. The molecule has 1 amide bonds. The average Bonchev–Trinajstić information content (AvgIpc) is 2.38. The summed E-state index contributed by atoms with van der Waals surface area (Å²) < 4.78 is 10.4. The molecule has 0 unspecified atom stereocenters. The average molecular weight is 266 g/mol. The van der Waals surface area contributed by atoms with E-state index in [1.165, 1.54) is 14.2 Å². The first-order valence-corrected chi connectivity index (χ1v) is 6.28. The van der Waals surface area contributed by atoms with Crippen LogP contribution in [0.4, 0.5) is 5.69 Å². The molecule has 0 saturated heterocycles. The van der Waals surface area contributed by atoms with Gasteiger partial charge in [-0.25, -0.2) is 0 Å². The van der Waals surface area contributed by atoms with E-state index in [0.717, 1.165) is 0 Å². The molecule has 2 N–H and O–H groups in total. The van der Waals surface area contributed by atoms with E-state index in [0.29, 0.717) is 29.3 Å². The number of rotatable bonds is 5. The van der Waals surface area contributed by atoms with E-state index in [-0.39, 0.29) is 11.9 Å². The van der Waals surface area contributed by atoms with Gasteiger partial charge in [0.1, 0.15) is 0 Å². The molecule has 0 aliphatic heterocycles. The van der Waals surface area contributed by atoms with Crippen LogP contribution in [-0.4, -0.2) is 37.6 Å². The van der Waals surface area contributed by atoms with E-state index in [1.54, 1.807) is 17.0 Å². The van der Waals surface area contributed by atoms with Crippen molar-refractivity contribution in [3.05, 3.63) is 17.7 Å². The molecule has 5 heteroatoms. The quantitative estimate of drug-likeness (QED) is 0.829. The van der Waals surface area contributed by atoms with Crippen LogP contribution in [0.5, 0.6) is 11.5 Å². The molecule has 0 bridgehead atoms. The molecule has 0 atom stereocenters. The van der Waals surface area contributed by atoms with Crippen LogP contribution in [0.3, 0.4) is 0 Å². The lowest BCUT2D eigenvalue weighted by Crippen LogP contribution is -2.37. The summed E-state index contributed by atoms with van der Waals surface area (Å²) in [4.78, 5) is 14.2. The van der Waals surface area contributed by atoms with E-state index in [9.17, 15) is 4.79 Å². The smallest absolute Gasteiger partial charge is 0.256 e. The maximum absolute atomic E-state index is 12.5. The van der Waals surface area contributed by atoms with Crippen molar-refractivity contribution in [1.82, 2.24) is 4.90 Å².